The summed E-state index contributed by atoms with van der Waals surface area (Å²) in [6.07, 6.45) is 4.36. The Morgan fingerprint density at radius 2 is 1.80 bits per heavy atom. The molecule has 0 spiro atoms. The second kappa shape index (κ2) is 1.33. The van der Waals surface area contributed by atoms with Gasteiger partial charge in [0.2, 0.25) is 0 Å². The van der Waals surface area contributed by atoms with Gasteiger partial charge in [0.1, 0.15) is 16.3 Å². The Labute approximate surface area is 41.0 Å². The van der Waals surface area contributed by atoms with Gasteiger partial charge in [-0.2, -0.15) is 0 Å². The number of hydrogen-bond donors (Lipinski definition) is 0. The average Bonchev–Trinajstić information content (AvgIpc) is 1.30. The molecule has 0 aromatic rings. The highest BCUT2D eigenvalue weighted by molar-refractivity contribution is 6.12. The molecule has 2 radical (unpaired) electrons. The van der Waals surface area contributed by atoms with Crippen LogP contribution in [0.4, 0.5) is 0 Å². The van der Waals surface area contributed by atoms with Crippen LogP contribution in [0.2, 0.25) is 4.78 Å². The van der Waals surface area contributed by atoms with E-state index in [0.717, 1.165) is 4.78 Å². The minimum absolute atomic E-state index is 0.981. The molecule has 0 nitrogen and oxygen atoms in total. The van der Waals surface area contributed by atoms with Crippen molar-refractivity contribution in [1.82, 2.24) is 0 Å². The summed E-state index contributed by atoms with van der Waals surface area (Å²) in [5.41, 5.74) is 0. The molecule has 0 N–H and O–H groups in total. The summed E-state index contributed by atoms with van der Waals surface area (Å²) in [6, 6.07) is 0. The van der Waals surface area contributed by atoms with Crippen molar-refractivity contribution in [3.05, 3.63) is 0 Å². The second-order valence-electron chi connectivity index (χ2n) is 1.69. The highest BCUT2D eigenvalue weighted by Crippen LogP contribution is 2.27. The Balaban J connectivity index is 2.08. The third kappa shape index (κ3) is 0.681. The summed E-state index contributed by atoms with van der Waals surface area (Å²) < 4.78 is 0.981. The Hall–Kier alpha value is 0.532. The van der Waals surface area contributed by atoms with Crippen molar-refractivity contribution in [2.75, 3.05) is 0 Å². The van der Waals surface area contributed by atoms with Crippen molar-refractivity contribution >= 4 is 16.3 Å². The quantitative estimate of drug-likeness (QED) is 0.384. The molecule has 0 bridgehead atoms. The predicted molar refractivity (Wildman–Crippen MR) is 23.4 cm³/mol. The van der Waals surface area contributed by atoms with Crippen molar-refractivity contribution in [3.63, 3.8) is 0 Å². The van der Waals surface area contributed by atoms with Gasteiger partial charge < -0.3 is 0 Å². The molecule has 5 heavy (non-hydrogen) atoms. The van der Waals surface area contributed by atoms with E-state index in [9.17, 15) is 0 Å². The lowest BCUT2D eigenvalue weighted by Crippen LogP contribution is -2.02. The zero-order valence-corrected chi connectivity index (χ0v) is 4.43. The molecule has 1 heteroatoms. The van der Waals surface area contributed by atoms with E-state index in [4.69, 9.17) is 0 Å². The third-order valence-corrected chi connectivity index (χ3v) is 1.82. The molecule has 1 fully saturated rings. The lowest BCUT2D eigenvalue weighted by atomic mass is 10.00. The molecule has 1 aliphatic carbocycles. The summed E-state index contributed by atoms with van der Waals surface area (Å²) in [6.45, 7) is 0. The molecule has 0 aromatic carbocycles. The highest BCUT2D eigenvalue weighted by Gasteiger charge is 2.08. The van der Waals surface area contributed by atoms with Gasteiger partial charge in [-0.25, -0.2) is 0 Å². The van der Waals surface area contributed by atoms with Gasteiger partial charge in [0.05, 0.1) is 0 Å². The van der Waals surface area contributed by atoms with Crippen LogP contribution in [0.3, 0.4) is 0 Å². The van der Waals surface area contributed by atoms with Gasteiger partial charge in [-0.1, -0.05) is 19.3 Å². The topological polar surface area (TPSA) is 0 Å². The molecule has 0 saturated heterocycles. The van der Waals surface area contributed by atoms with E-state index in [-0.39, 0.29) is 0 Å². The maximum Gasteiger partial charge on any atom is 0.123 e. The van der Waals surface area contributed by atoms with Crippen molar-refractivity contribution in [3.8, 4) is 0 Å². The minimum Gasteiger partial charge on any atom is -0.107 e. The van der Waals surface area contributed by atoms with Crippen LogP contribution in [0.15, 0.2) is 0 Å². The summed E-state index contributed by atoms with van der Waals surface area (Å²) >= 11 is 2.82. The Morgan fingerprint density at radius 3 is 1.80 bits per heavy atom. The van der Waals surface area contributed by atoms with Crippen LogP contribution in [0.5, 0.6) is 0 Å². The first kappa shape index (κ1) is 3.71. The van der Waals surface area contributed by atoms with Crippen molar-refractivity contribution < 1.29 is 0 Å². The van der Waals surface area contributed by atoms with Gasteiger partial charge in [0.25, 0.3) is 0 Å². The molecule has 0 heterocycles. The van der Waals surface area contributed by atoms with Gasteiger partial charge in [-0.15, -0.1) is 4.78 Å². The lowest BCUT2D eigenvalue weighted by molar-refractivity contribution is 0.504. The molecule has 1 aliphatic rings. The van der Waals surface area contributed by atoms with Crippen molar-refractivity contribution in [2.24, 2.45) is 0 Å². The fraction of sp³-hybridized carbons (Fsp3) is 1.00. The van der Waals surface area contributed by atoms with Crippen molar-refractivity contribution in [1.29, 1.82) is 0 Å². The average molecular weight is 82.1 g/mol. The first-order valence-corrected chi connectivity index (χ1v) is 2.82. The van der Waals surface area contributed by atoms with E-state index >= 15 is 0 Å². The smallest absolute Gasteiger partial charge is 0.107 e. The maximum atomic E-state index is 2.82. The summed E-state index contributed by atoms with van der Waals surface area (Å²) in [5, 5.41) is 0. The van der Waals surface area contributed by atoms with Crippen LogP contribution >= 0.6 is 0 Å². The van der Waals surface area contributed by atoms with Crippen molar-refractivity contribution in [2.45, 2.75) is 24.0 Å². The predicted octanol–water partition coefficient (Wildman–Crippen LogP) is 1.13. The van der Waals surface area contributed by atoms with Crippen LogP contribution in [0.25, 0.3) is 0 Å². The van der Waals surface area contributed by atoms with Gasteiger partial charge in [-0.05, 0) is 0 Å². The molecule has 0 aromatic heterocycles. The van der Waals surface area contributed by atoms with E-state index in [1.807, 2.05) is 0 Å². The van der Waals surface area contributed by atoms with Crippen LogP contribution in [-0.2, 0) is 0 Å². The molecular formula is C4H7Al. The largest absolute Gasteiger partial charge is 0.123 e. The molecule has 1 saturated carbocycles. The van der Waals surface area contributed by atoms with Crippen LogP contribution in [0.1, 0.15) is 19.3 Å². The summed E-state index contributed by atoms with van der Waals surface area (Å²) in [5.74, 6) is 0. The molecule has 0 amide bonds. The van der Waals surface area contributed by atoms with E-state index < -0.39 is 0 Å². The van der Waals surface area contributed by atoms with Gasteiger partial charge in [0.15, 0.2) is 0 Å². The summed E-state index contributed by atoms with van der Waals surface area (Å²) in [4.78, 5) is 0. The highest BCUT2D eigenvalue weighted by atomic mass is 27.0. The van der Waals surface area contributed by atoms with Gasteiger partial charge >= 0.3 is 0 Å². The molecule has 0 atom stereocenters. The van der Waals surface area contributed by atoms with Gasteiger partial charge in [0, 0.05) is 0 Å². The molecule has 1 rings (SSSR count). The first-order chi connectivity index (χ1) is 2.39. The Morgan fingerprint density at radius 1 is 1.40 bits per heavy atom. The zero-order valence-electron chi connectivity index (χ0n) is 3.28. The van der Waals surface area contributed by atoms with Crippen LogP contribution in [-0.4, -0.2) is 16.3 Å². The van der Waals surface area contributed by atoms with E-state index in [1.54, 1.807) is 0 Å². The second-order valence-corrected chi connectivity index (χ2v) is 2.63. The van der Waals surface area contributed by atoms with Crippen LogP contribution in [0, 0.1) is 0 Å². The van der Waals surface area contributed by atoms with E-state index in [2.05, 4.69) is 16.3 Å². The lowest BCUT2D eigenvalue weighted by Gasteiger charge is -2.20. The van der Waals surface area contributed by atoms with Gasteiger partial charge in [-0.3, -0.25) is 0 Å². The first-order valence-electron chi connectivity index (χ1n) is 2.15. The Bertz CT molecular complexity index is 30.6. The van der Waals surface area contributed by atoms with E-state index in [1.165, 1.54) is 19.3 Å². The molecule has 26 valence electrons. The van der Waals surface area contributed by atoms with Crippen LogP contribution < -0.4 is 0 Å². The minimum atomic E-state index is 0.981. The zero-order chi connectivity index (χ0) is 3.70. The number of rotatable bonds is 0. The van der Waals surface area contributed by atoms with E-state index in [0.29, 0.717) is 0 Å². The maximum absolute atomic E-state index is 2.82. The molecular weight excluding hydrogens is 75.0 g/mol. The molecule has 0 aliphatic heterocycles. The SMILES string of the molecule is [Al][CH]1CCC1. The fourth-order valence-electron chi connectivity index (χ4n) is 0.440. The molecule has 0 unspecified atom stereocenters. The summed E-state index contributed by atoms with van der Waals surface area (Å²) in [7, 11) is 0. The monoisotopic (exact) mass is 82.0 g/mol. The fourth-order valence-corrected chi connectivity index (χ4v) is 0.911. The third-order valence-electron chi connectivity index (χ3n) is 1.15. The standard InChI is InChI=1S/C4H7.Al/c1-2-4-3-1;/h1H,2-4H2;. The normalized spacial score (nSPS) is 25.6. The number of hydrogen-bond acceptors (Lipinski definition) is 0. The Kier molecular flexibility index (Phi) is 0.984.